The highest BCUT2D eigenvalue weighted by Crippen LogP contribution is 2.22. The molecule has 3 atom stereocenters. The van der Waals surface area contributed by atoms with Crippen LogP contribution in [-0.2, 0) is 9.59 Å². The zero-order valence-corrected chi connectivity index (χ0v) is 12.3. The van der Waals surface area contributed by atoms with E-state index in [1.165, 1.54) is 18.2 Å². The van der Waals surface area contributed by atoms with E-state index in [-0.39, 0.29) is 30.3 Å². The molecule has 1 saturated carbocycles. The number of carbonyl (C=O) groups is 2. The van der Waals surface area contributed by atoms with Crippen molar-refractivity contribution in [1.29, 1.82) is 0 Å². The summed E-state index contributed by atoms with van der Waals surface area (Å²) in [5.41, 5.74) is 0.400. The highest BCUT2D eigenvalue weighted by Gasteiger charge is 2.36. The highest BCUT2D eigenvalue weighted by molar-refractivity contribution is 5.95. The lowest BCUT2D eigenvalue weighted by Crippen LogP contribution is -2.65. The summed E-state index contributed by atoms with van der Waals surface area (Å²) in [6, 6.07) is 5.63. The smallest absolute Gasteiger partial charge is 0.237 e. The van der Waals surface area contributed by atoms with Crippen molar-refractivity contribution in [3.8, 4) is 0 Å². The number of nitrogens with one attached hydrogen (secondary N) is 3. The molecule has 3 rings (SSSR count). The monoisotopic (exact) mass is 305 g/mol. The minimum absolute atomic E-state index is 0.0472. The molecule has 0 unspecified atom stereocenters. The Morgan fingerprint density at radius 1 is 1.27 bits per heavy atom. The van der Waals surface area contributed by atoms with E-state index in [0.717, 1.165) is 25.7 Å². The standard InChI is InChI=1S/C16H20FN3O2/c17-10-4-3-5-11(8-10)18-15(21)9-14-16(22)20-13-7-2-1-6-12(13)19-14/h3-5,8,12-14,19H,1-2,6-7,9H2,(H,18,21)(H,20,22)/t12-,13-,14-/m0/s1. The maximum atomic E-state index is 13.1. The molecule has 0 bridgehead atoms. The van der Waals surface area contributed by atoms with Crippen molar-refractivity contribution in [2.75, 3.05) is 5.32 Å². The van der Waals surface area contributed by atoms with E-state index in [4.69, 9.17) is 0 Å². The Morgan fingerprint density at radius 3 is 2.82 bits per heavy atom. The second-order valence-electron chi connectivity index (χ2n) is 5.99. The van der Waals surface area contributed by atoms with Crippen molar-refractivity contribution >= 4 is 17.5 Å². The zero-order chi connectivity index (χ0) is 15.5. The molecule has 2 amide bonds. The molecule has 118 valence electrons. The van der Waals surface area contributed by atoms with Gasteiger partial charge in [0.2, 0.25) is 11.8 Å². The lowest BCUT2D eigenvalue weighted by atomic mass is 9.87. The third kappa shape index (κ3) is 3.44. The van der Waals surface area contributed by atoms with Gasteiger partial charge < -0.3 is 16.0 Å². The van der Waals surface area contributed by atoms with Crippen molar-refractivity contribution in [1.82, 2.24) is 10.6 Å². The lowest BCUT2D eigenvalue weighted by molar-refractivity contribution is -0.129. The van der Waals surface area contributed by atoms with Gasteiger partial charge in [0.25, 0.3) is 0 Å². The number of benzene rings is 1. The Balaban J connectivity index is 1.57. The van der Waals surface area contributed by atoms with Crippen LogP contribution in [0.5, 0.6) is 0 Å². The molecule has 1 saturated heterocycles. The normalized spacial score (nSPS) is 27.7. The molecule has 22 heavy (non-hydrogen) atoms. The fraction of sp³-hybridized carbons (Fsp3) is 0.500. The second-order valence-corrected chi connectivity index (χ2v) is 5.99. The average molecular weight is 305 g/mol. The van der Waals surface area contributed by atoms with E-state index in [0.29, 0.717) is 5.69 Å². The van der Waals surface area contributed by atoms with Crippen LogP contribution in [0.15, 0.2) is 24.3 Å². The molecular weight excluding hydrogens is 285 g/mol. The minimum Gasteiger partial charge on any atom is -0.350 e. The third-order valence-corrected chi connectivity index (χ3v) is 4.32. The van der Waals surface area contributed by atoms with Gasteiger partial charge in [-0.15, -0.1) is 0 Å². The van der Waals surface area contributed by atoms with Crippen LogP contribution in [0.1, 0.15) is 32.1 Å². The molecule has 3 N–H and O–H groups in total. The van der Waals surface area contributed by atoms with E-state index in [1.807, 2.05) is 0 Å². The van der Waals surface area contributed by atoms with Gasteiger partial charge in [0.1, 0.15) is 5.82 Å². The molecule has 1 aliphatic carbocycles. The molecule has 5 nitrogen and oxygen atoms in total. The summed E-state index contributed by atoms with van der Waals surface area (Å²) in [4.78, 5) is 24.1. The number of anilines is 1. The molecule has 0 radical (unpaired) electrons. The summed E-state index contributed by atoms with van der Waals surface area (Å²) in [6.07, 6.45) is 4.34. The predicted molar refractivity (Wildman–Crippen MR) is 80.8 cm³/mol. The summed E-state index contributed by atoms with van der Waals surface area (Å²) >= 11 is 0. The van der Waals surface area contributed by atoms with Crippen LogP contribution in [0.3, 0.4) is 0 Å². The molecule has 0 aromatic heterocycles. The SMILES string of the molecule is O=C(C[C@@H]1N[C@H]2CCCC[C@@H]2NC1=O)Nc1cccc(F)c1. The minimum atomic E-state index is -0.520. The summed E-state index contributed by atoms with van der Waals surface area (Å²) in [5, 5.41) is 8.92. The number of halogens is 1. The van der Waals surface area contributed by atoms with Crippen LogP contribution in [-0.4, -0.2) is 29.9 Å². The second kappa shape index (κ2) is 6.44. The number of hydrogen-bond donors (Lipinski definition) is 3. The number of rotatable bonds is 3. The summed E-state index contributed by atoms with van der Waals surface area (Å²) in [5.74, 6) is -0.832. The number of hydrogen-bond acceptors (Lipinski definition) is 3. The number of carbonyl (C=O) groups excluding carboxylic acids is 2. The Bertz CT molecular complexity index is 578. The average Bonchev–Trinajstić information content (AvgIpc) is 2.48. The van der Waals surface area contributed by atoms with Gasteiger partial charge in [-0.25, -0.2) is 4.39 Å². The van der Waals surface area contributed by atoms with Crippen molar-refractivity contribution in [3.63, 3.8) is 0 Å². The maximum Gasteiger partial charge on any atom is 0.237 e. The van der Waals surface area contributed by atoms with Crippen LogP contribution < -0.4 is 16.0 Å². The number of fused-ring (bicyclic) bond motifs is 1. The summed E-state index contributed by atoms with van der Waals surface area (Å²) in [6.45, 7) is 0. The lowest BCUT2D eigenvalue weighted by Gasteiger charge is -2.40. The summed E-state index contributed by atoms with van der Waals surface area (Å²) < 4.78 is 13.1. The molecule has 2 aliphatic rings. The van der Waals surface area contributed by atoms with Gasteiger partial charge in [-0.1, -0.05) is 18.9 Å². The summed E-state index contributed by atoms with van der Waals surface area (Å²) in [7, 11) is 0. The van der Waals surface area contributed by atoms with Gasteiger partial charge in [-0.05, 0) is 31.0 Å². The van der Waals surface area contributed by atoms with Gasteiger partial charge in [-0.2, -0.15) is 0 Å². The van der Waals surface area contributed by atoms with Crippen molar-refractivity contribution in [2.45, 2.75) is 50.2 Å². The van der Waals surface area contributed by atoms with E-state index in [1.54, 1.807) is 6.07 Å². The van der Waals surface area contributed by atoms with Crippen LogP contribution in [0.4, 0.5) is 10.1 Å². The molecule has 1 aromatic carbocycles. The Kier molecular flexibility index (Phi) is 4.38. The van der Waals surface area contributed by atoms with Crippen molar-refractivity contribution in [2.24, 2.45) is 0 Å². The first-order valence-electron chi connectivity index (χ1n) is 7.73. The van der Waals surface area contributed by atoms with E-state index in [9.17, 15) is 14.0 Å². The molecular formula is C16H20FN3O2. The third-order valence-electron chi connectivity index (χ3n) is 4.32. The quantitative estimate of drug-likeness (QED) is 0.793. The maximum absolute atomic E-state index is 13.1. The van der Waals surface area contributed by atoms with E-state index < -0.39 is 11.9 Å². The predicted octanol–water partition coefficient (Wildman–Crippen LogP) is 1.55. The Morgan fingerprint density at radius 2 is 2.05 bits per heavy atom. The van der Waals surface area contributed by atoms with Gasteiger partial charge >= 0.3 is 0 Å². The van der Waals surface area contributed by atoms with Crippen LogP contribution >= 0.6 is 0 Å². The van der Waals surface area contributed by atoms with E-state index >= 15 is 0 Å². The fourth-order valence-electron chi connectivity index (χ4n) is 3.24. The fourth-order valence-corrected chi connectivity index (χ4v) is 3.24. The largest absolute Gasteiger partial charge is 0.350 e. The van der Waals surface area contributed by atoms with Crippen LogP contribution in [0.25, 0.3) is 0 Å². The molecule has 0 spiro atoms. The van der Waals surface area contributed by atoms with E-state index in [2.05, 4.69) is 16.0 Å². The molecule has 1 aliphatic heterocycles. The van der Waals surface area contributed by atoms with Gasteiger partial charge in [0.15, 0.2) is 0 Å². The number of piperazine rings is 1. The van der Waals surface area contributed by atoms with Crippen molar-refractivity contribution in [3.05, 3.63) is 30.1 Å². The molecule has 2 fully saturated rings. The first-order chi connectivity index (χ1) is 10.6. The first-order valence-corrected chi connectivity index (χ1v) is 7.73. The molecule has 1 aromatic rings. The van der Waals surface area contributed by atoms with Gasteiger partial charge in [0.05, 0.1) is 12.5 Å². The van der Waals surface area contributed by atoms with Crippen LogP contribution in [0.2, 0.25) is 0 Å². The number of amides is 2. The zero-order valence-electron chi connectivity index (χ0n) is 12.3. The van der Waals surface area contributed by atoms with Gasteiger partial charge in [0, 0.05) is 17.8 Å². The molecule has 6 heteroatoms. The van der Waals surface area contributed by atoms with Crippen LogP contribution in [0, 0.1) is 5.82 Å². The topological polar surface area (TPSA) is 70.2 Å². The Hall–Kier alpha value is -1.95. The Labute approximate surface area is 128 Å². The highest BCUT2D eigenvalue weighted by atomic mass is 19.1. The van der Waals surface area contributed by atoms with Crippen molar-refractivity contribution < 1.29 is 14.0 Å². The first kappa shape index (κ1) is 15.0. The van der Waals surface area contributed by atoms with Gasteiger partial charge in [-0.3, -0.25) is 9.59 Å². The molecule has 1 heterocycles.